The summed E-state index contributed by atoms with van der Waals surface area (Å²) in [5, 5.41) is 33.4. The van der Waals surface area contributed by atoms with Gasteiger partial charge in [0.15, 0.2) is 0 Å². The number of nitrogens with zero attached hydrogens (tertiary/aromatic N) is 4. The molecule has 0 spiro atoms. The number of rotatable bonds is 26. The van der Waals surface area contributed by atoms with Crippen molar-refractivity contribution in [2.45, 2.75) is 137 Å². The Hall–Kier alpha value is -7.63. The normalized spacial score (nSPS) is 13.5. The minimum absolute atomic E-state index is 0.508. The highest BCUT2D eigenvalue weighted by atomic mass is 32.2. The molecule has 460 valence electrons. The highest BCUT2D eigenvalue weighted by Gasteiger charge is 2.21. The molecule has 10 aromatic carbocycles. The van der Waals surface area contributed by atoms with Gasteiger partial charge in [0.1, 0.15) is 0 Å². The van der Waals surface area contributed by atoms with Crippen molar-refractivity contribution in [1.82, 2.24) is 18.3 Å². The van der Waals surface area contributed by atoms with Crippen molar-refractivity contribution in [3.63, 3.8) is 0 Å². The van der Waals surface area contributed by atoms with Crippen LogP contribution in [-0.4, -0.2) is 52.2 Å². The fourth-order valence-corrected chi connectivity index (χ4v) is 16.8. The summed E-state index contributed by atoms with van der Waals surface area (Å²) < 4.78 is 9.76. The number of unbranched alkanes of at least 4 members (excludes halogenated alkanes) is 2. The van der Waals surface area contributed by atoms with Gasteiger partial charge in [-0.15, -0.1) is 23.5 Å². The highest BCUT2D eigenvalue weighted by molar-refractivity contribution is 8.00. The van der Waals surface area contributed by atoms with Crippen LogP contribution < -0.4 is 0 Å². The topological polar surface area (TPSA) is 60.2 Å². The number of thioether (sulfide) groups is 2. The third-order valence-corrected chi connectivity index (χ3v) is 22.6. The molecular formula is C82H82N4O2S3. The molecule has 4 atom stereocenters. The van der Waals surface area contributed by atoms with Gasteiger partial charge in [-0.25, -0.2) is 0 Å². The molecule has 2 N–H and O–H groups in total. The molecule has 14 rings (SSSR count). The molecule has 0 bridgehead atoms. The van der Waals surface area contributed by atoms with Crippen molar-refractivity contribution in [3.05, 3.63) is 218 Å². The lowest BCUT2D eigenvalue weighted by Crippen LogP contribution is -2.18. The summed E-state index contributed by atoms with van der Waals surface area (Å²) in [6.45, 7) is 12.4. The van der Waals surface area contributed by atoms with Gasteiger partial charge in [0, 0.05) is 144 Å². The Morgan fingerprint density at radius 2 is 0.582 bits per heavy atom. The average Bonchev–Trinajstić information content (AvgIpc) is 1.80. The van der Waals surface area contributed by atoms with Crippen molar-refractivity contribution in [3.8, 4) is 22.3 Å². The van der Waals surface area contributed by atoms with Gasteiger partial charge in [-0.2, -0.15) is 0 Å². The van der Waals surface area contributed by atoms with Crippen molar-refractivity contribution < 1.29 is 10.2 Å². The molecule has 0 aliphatic rings. The number of aliphatic hydroxyl groups is 2. The van der Waals surface area contributed by atoms with E-state index in [1.807, 2.05) is 0 Å². The summed E-state index contributed by atoms with van der Waals surface area (Å²) in [5.41, 5.74) is 14.7. The maximum Gasteiger partial charge on any atom is 0.0813 e. The number of hydrogen-bond acceptors (Lipinski definition) is 5. The molecule has 4 heterocycles. The van der Waals surface area contributed by atoms with Gasteiger partial charge in [-0.1, -0.05) is 175 Å². The van der Waals surface area contributed by atoms with Crippen LogP contribution in [0.5, 0.6) is 0 Å². The molecule has 91 heavy (non-hydrogen) atoms. The van der Waals surface area contributed by atoms with Crippen LogP contribution in [0.2, 0.25) is 0 Å². The molecule has 4 unspecified atom stereocenters. The number of fused-ring (bicyclic) bond motifs is 12. The van der Waals surface area contributed by atoms with E-state index >= 15 is 0 Å². The molecule has 0 aliphatic carbocycles. The quantitative estimate of drug-likeness (QED) is 0.0529. The monoisotopic (exact) mass is 1250 g/mol. The van der Waals surface area contributed by atoms with Crippen molar-refractivity contribution in [2.24, 2.45) is 11.8 Å². The van der Waals surface area contributed by atoms with E-state index in [1.165, 1.54) is 149 Å². The van der Waals surface area contributed by atoms with Crippen LogP contribution in [-0.2, 0) is 26.2 Å². The van der Waals surface area contributed by atoms with E-state index in [9.17, 15) is 10.2 Å². The smallest absolute Gasteiger partial charge is 0.0813 e. The second kappa shape index (κ2) is 27.3. The Labute approximate surface area is 548 Å². The van der Waals surface area contributed by atoms with E-state index in [-0.39, 0.29) is 0 Å². The van der Waals surface area contributed by atoms with Crippen molar-refractivity contribution in [2.75, 3.05) is 11.5 Å². The van der Waals surface area contributed by atoms with Gasteiger partial charge in [0.2, 0.25) is 0 Å². The maximum atomic E-state index is 11.7. The fourth-order valence-electron chi connectivity index (χ4n) is 14.3. The summed E-state index contributed by atoms with van der Waals surface area (Å²) in [5.74, 6) is 2.51. The number of aromatic nitrogens is 4. The number of para-hydroxylation sites is 4. The summed E-state index contributed by atoms with van der Waals surface area (Å²) in [4.78, 5) is 4.61. The Kier molecular flexibility index (Phi) is 18.3. The Balaban J connectivity index is 0.595. The van der Waals surface area contributed by atoms with Gasteiger partial charge < -0.3 is 28.5 Å². The van der Waals surface area contributed by atoms with Crippen LogP contribution in [0.25, 0.3) is 109 Å². The lowest BCUT2D eigenvalue weighted by Gasteiger charge is -2.17. The van der Waals surface area contributed by atoms with Crippen LogP contribution in [0.3, 0.4) is 0 Å². The van der Waals surface area contributed by atoms with Crippen molar-refractivity contribution >= 4 is 123 Å². The van der Waals surface area contributed by atoms with E-state index in [0.717, 1.165) is 44.9 Å². The van der Waals surface area contributed by atoms with E-state index in [1.54, 1.807) is 35.3 Å². The summed E-state index contributed by atoms with van der Waals surface area (Å²) in [6, 6.07) is 80.4. The standard InChI is InChI=1S/C82H82N4O2S3/c1-5-9-19-55(7-3)49-83-75-25-15-11-21-67(75)71-45-57(29-41-79(71)83)59-31-43-81-73(47-59)69-23-13-17-27-77(69)85(81)51-61(87)53-89-63-33-37-65(38-34-63)91-66-39-35-64(36-40-66)90-54-62(88)52-86-78-28-18-14-24-70(78)74-48-60(32-44-82(74)86)58-30-42-80-72(46-58)68-22-12-16-26-76(68)84(80)50-56(8-4)20-10-6-2/h11-18,21-48,55-56,61-62,87-88H,5-10,19-20,49-54H2,1-4H3. The van der Waals surface area contributed by atoms with E-state index in [4.69, 9.17) is 0 Å². The first-order chi connectivity index (χ1) is 44.7. The summed E-state index contributed by atoms with van der Waals surface area (Å²) >= 11 is 5.15. The minimum atomic E-state index is -0.543. The Morgan fingerprint density at radius 1 is 0.308 bits per heavy atom. The lowest BCUT2D eigenvalue weighted by molar-refractivity contribution is 0.181. The van der Waals surface area contributed by atoms with Crippen LogP contribution >= 0.6 is 35.3 Å². The number of hydrogen-bond donors (Lipinski definition) is 2. The molecular weight excluding hydrogens is 1170 g/mol. The number of aliphatic hydroxyl groups excluding tert-OH is 2. The molecule has 0 saturated carbocycles. The molecule has 9 heteroatoms. The predicted molar refractivity (Wildman–Crippen MR) is 393 cm³/mol. The molecule has 0 fully saturated rings. The molecule has 14 aromatic rings. The zero-order valence-electron chi connectivity index (χ0n) is 52.9. The van der Waals surface area contributed by atoms with Gasteiger partial charge in [-0.05, 0) is 168 Å². The zero-order chi connectivity index (χ0) is 62.0. The van der Waals surface area contributed by atoms with E-state index < -0.39 is 12.2 Å². The SMILES string of the molecule is CCCCC(CC)Cn1c2ccccc2c2cc(-c3ccc4c(c3)c3ccccc3n4CC(O)CSc3ccc(Sc4ccc(SCC(O)Cn5c6ccccc6c6cc(-c7ccc8c(c7)c7ccccc7n8CC(CC)CCCC)ccc65)cc4)cc3)ccc21. The van der Waals surface area contributed by atoms with Gasteiger partial charge in [0.05, 0.1) is 12.2 Å². The number of benzene rings is 10. The largest absolute Gasteiger partial charge is 0.390 e. The van der Waals surface area contributed by atoms with Crippen LogP contribution in [0.15, 0.2) is 238 Å². The Morgan fingerprint density at radius 3 is 0.879 bits per heavy atom. The van der Waals surface area contributed by atoms with E-state index in [0.29, 0.717) is 36.4 Å². The summed E-state index contributed by atoms with van der Waals surface area (Å²) in [7, 11) is 0. The highest BCUT2D eigenvalue weighted by Crippen LogP contribution is 2.41. The first-order valence-corrected chi connectivity index (χ1v) is 36.1. The summed E-state index contributed by atoms with van der Waals surface area (Å²) in [6.07, 6.45) is 8.88. The first kappa shape index (κ1) is 60.9. The maximum absolute atomic E-state index is 11.7. The first-order valence-electron chi connectivity index (χ1n) is 33.3. The van der Waals surface area contributed by atoms with E-state index in [2.05, 4.69) is 264 Å². The minimum Gasteiger partial charge on any atom is -0.390 e. The van der Waals surface area contributed by atoms with Crippen LogP contribution in [0, 0.1) is 11.8 Å². The second-order valence-electron chi connectivity index (χ2n) is 25.2. The zero-order valence-corrected chi connectivity index (χ0v) is 55.4. The third-order valence-electron chi connectivity index (χ3n) is 19.3. The molecule has 6 nitrogen and oxygen atoms in total. The van der Waals surface area contributed by atoms with Crippen LogP contribution in [0.4, 0.5) is 0 Å². The van der Waals surface area contributed by atoms with Crippen LogP contribution in [0.1, 0.15) is 79.1 Å². The third kappa shape index (κ3) is 12.5. The fraction of sp³-hybridized carbons (Fsp3) is 0.268. The molecule has 0 aliphatic heterocycles. The molecule has 0 saturated heterocycles. The Bertz CT molecular complexity index is 4570. The molecule has 0 radical (unpaired) electrons. The molecule has 0 amide bonds. The molecule has 4 aromatic heterocycles. The predicted octanol–water partition coefficient (Wildman–Crippen LogP) is 22.3. The van der Waals surface area contributed by atoms with Gasteiger partial charge >= 0.3 is 0 Å². The lowest BCUT2D eigenvalue weighted by atomic mass is 9.99. The van der Waals surface area contributed by atoms with Gasteiger partial charge in [0.25, 0.3) is 0 Å². The average molecular weight is 1250 g/mol. The van der Waals surface area contributed by atoms with Gasteiger partial charge in [-0.3, -0.25) is 0 Å². The second-order valence-corrected chi connectivity index (χ2v) is 28.6. The van der Waals surface area contributed by atoms with Crippen molar-refractivity contribution in [1.29, 1.82) is 0 Å².